The van der Waals surface area contributed by atoms with E-state index >= 15 is 0 Å². The summed E-state index contributed by atoms with van der Waals surface area (Å²) in [6.45, 7) is 0.102. The number of nitrogens with zero attached hydrogens (tertiary/aromatic N) is 2. The van der Waals surface area contributed by atoms with Gasteiger partial charge in [0, 0.05) is 13.0 Å². The van der Waals surface area contributed by atoms with Crippen LogP contribution in [0.4, 0.5) is 4.79 Å². The Morgan fingerprint density at radius 3 is 2.25 bits per heavy atom. The highest BCUT2D eigenvalue weighted by molar-refractivity contribution is 6.07. The van der Waals surface area contributed by atoms with Crippen molar-refractivity contribution in [1.29, 1.82) is 5.26 Å². The van der Waals surface area contributed by atoms with Crippen molar-refractivity contribution in [3.05, 3.63) is 71.8 Å². The first-order chi connectivity index (χ1) is 11.7. The van der Waals surface area contributed by atoms with Gasteiger partial charge in [0.05, 0.1) is 12.5 Å². The maximum absolute atomic E-state index is 13.1. The summed E-state index contributed by atoms with van der Waals surface area (Å²) in [4.78, 5) is 26.6. The van der Waals surface area contributed by atoms with Gasteiger partial charge in [-0.2, -0.15) is 5.26 Å². The highest BCUT2D eigenvalue weighted by Crippen LogP contribution is 2.33. The third-order valence-electron chi connectivity index (χ3n) is 4.20. The summed E-state index contributed by atoms with van der Waals surface area (Å²) < 4.78 is 0. The summed E-state index contributed by atoms with van der Waals surface area (Å²) in [6.07, 6.45) is 0.487. The molecule has 1 aliphatic rings. The zero-order valence-electron chi connectivity index (χ0n) is 13.1. The summed E-state index contributed by atoms with van der Waals surface area (Å²) >= 11 is 0. The molecule has 0 aromatic heterocycles. The molecule has 1 heterocycles. The molecule has 1 saturated heterocycles. The Morgan fingerprint density at radius 2 is 1.62 bits per heavy atom. The van der Waals surface area contributed by atoms with Gasteiger partial charge in [0.15, 0.2) is 5.54 Å². The molecule has 3 rings (SSSR count). The van der Waals surface area contributed by atoms with Gasteiger partial charge in [-0.1, -0.05) is 60.7 Å². The first-order valence-electron chi connectivity index (χ1n) is 7.78. The minimum atomic E-state index is -1.13. The normalized spacial score (nSPS) is 19.9. The summed E-state index contributed by atoms with van der Waals surface area (Å²) in [7, 11) is 0. The fourth-order valence-electron chi connectivity index (χ4n) is 3.03. The van der Waals surface area contributed by atoms with E-state index in [1.807, 2.05) is 66.7 Å². The number of carbonyl (C=O) groups excluding carboxylic acids is 2. The lowest BCUT2D eigenvalue weighted by molar-refractivity contribution is -0.131. The predicted octanol–water partition coefficient (Wildman–Crippen LogP) is 2.59. The lowest BCUT2D eigenvalue weighted by Crippen LogP contribution is -2.46. The predicted molar refractivity (Wildman–Crippen MR) is 88.7 cm³/mol. The van der Waals surface area contributed by atoms with E-state index in [0.29, 0.717) is 6.42 Å². The molecule has 0 bridgehead atoms. The van der Waals surface area contributed by atoms with Gasteiger partial charge < -0.3 is 5.32 Å². The molecule has 2 aromatic carbocycles. The SMILES string of the molecule is N#CCCN1C(=O)N[C@](Cc2ccccc2)(c2ccccc2)C1=O. The van der Waals surface area contributed by atoms with Crippen molar-refractivity contribution in [3.63, 3.8) is 0 Å². The molecule has 1 fully saturated rings. The number of imide groups is 1. The monoisotopic (exact) mass is 319 g/mol. The van der Waals surface area contributed by atoms with Crippen molar-refractivity contribution in [1.82, 2.24) is 10.2 Å². The number of benzene rings is 2. The fraction of sp³-hybridized carbons (Fsp3) is 0.211. The highest BCUT2D eigenvalue weighted by Gasteiger charge is 2.52. The third kappa shape index (κ3) is 2.74. The lowest BCUT2D eigenvalue weighted by Gasteiger charge is -2.27. The van der Waals surface area contributed by atoms with E-state index in [0.717, 1.165) is 16.0 Å². The van der Waals surface area contributed by atoms with Crippen LogP contribution < -0.4 is 5.32 Å². The van der Waals surface area contributed by atoms with Gasteiger partial charge in [-0.05, 0) is 11.1 Å². The quantitative estimate of drug-likeness (QED) is 0.861. The second-order valence-electron chi connectivity index (χ2n) is 5.73. The molecule has 1 atom stereocenters. The van der Waals surface area contributed by atoms with Crippen molar-refractivity contribution in [2.24, 2.45) is 0 Å². The van der Waals surface area contributed by atoms with E-state index in [2.05, 4.69) is 5.32 Å². The van der Waals surface area contributed by atoms with Gasteiger partial charge in [0.1, 0.15) is 0 Å². The van der Waals surface area contributed by atoms with Gasteiger partial charge >= 0.3 is 6.03 Å². The fourth-order valence-corrected chi connectivity index (χ4v) is 3.03. The van der Waals surface area contributed by atoms with Gasteiger partial charge in [0.2, 0.25) is 0 Å². The molecular formula is C19H17N3O2. The maximum atomic E-state index is 13.1. The van der Waals surface area contributed by atoms with Crippen LogP contribution in [0, 0.1) is 11.3 Å². The first kappa shape index (κ1) is 15.8. The number of rotatable bonds is 5. The molecule has 0 spiro atoms. The molecule has 5 nitrogen and oxygen atoms in total. The van der Waals surface area contributed by atoms with E-state index in [-0.39, 0.29) is 18.9 Å². The minimum absolute atomic E-state index is 0.102. The van der Waals surface area contributed by atoms with Gasteiger partial charge in [0.25, 0.3) is 5.91 Å². The largest absolute Gasteiger partial charge is 0.325 e. The Bertz CT molecular complexity index is 783. The summed E-state index contributed by atoms with van der Waals surface area (Å²) in [5.74, 6) is -0.308. The van der Waals surface area contributed by atoms with Gasteiger partial charge in [-0.25, -0.2) is 4.79 Å². The average molecular weight is 319 g/mol. The number of nitriles is 1. The van der Waals surface area contributed by atoms with Crippen molar-refractivity contribution >= 4 is 11.9 Å². The number of urea groups is 1. The van der Waals surface area contributed by atoms with Crippen LogP contribution in [0.25, 0.3) is 0 Å². The van der Waals surface area contributed by atoms with Gasteiger partial charge in [-0.15, -0.1) is 0 Å². The van der Waals surface area contributed by atoms with Crippen LogP contribution >= 0.6 is 0 Å². The number of amides is 3. The maximum Gasteiger partial charge on any atom is 0.325 e. The third-order valence-corrected chi connectivity index (χ3v) is 4.20. The summed E-state index contributed by atoms with van der Waals surface area (Å²) in [5, 5.41) is 11.6. The molecule has 120 valence electrons. The molecule has 0 radical (unpaired) electrons. The summed E-state index contributed by atoms with van der Waals surface area (Å²) in [5.41, 5.74) is 0.568. The molecule has 3 amide bonds. The van der Waals surface area contributed by atoms with Crippen LogP contribution in [0.1, 0.15) is 17.5 Å². The molecule has 0 saturated carbocycles. The smallest absolute Gasteiger partial charge is 0.319 e. The molecule has 24 heavy (non-hydrogen) atoms. The second-order valence-corrected chi connectivity index (χ2v) is 5.73. The molecule has 0 aliphatic carbocycles. The lowest BCUT2D eigenvalue weighted by atomic mass is 9.83. The van der Waals surface area contributed by atoms with Crippen molar-refractivity contribution in [2.45, 2.75) is 18.4 Å². The van der Waals surface area contributed by atoms with Crippen LogP contribution in [0.2, 0.25) is 0 Å². The average Bonchev–Trinajstić information content (AvgIpc) is 2.86. The van der Waals surface area contributed by atoms with E-state index in [1.54, 1.807) is 0 Å². The van der Waals surface area contributed by atoms with Crippen molar-refractivity contribution in [2.75, 3.05) is 6.54 Å². The minimum Gasteiger partial charge on any atom is -0.319 e. The molecule has 2 aromatic rings. The van der Waals surface area contributed by atoms with E-state index in [4.69, 9.17) is 5.26 Å². The zero-order valence-corrected chi connectivity index (χ0v) is 13.1. The number of hydrogen-bond donors (Lipinski definition) is 1. The molecule has 5 heteroatoms. The number of nitrogens with one attached hydrogen (secondary N) is 1. The van der Waals surface area contributed by atoms with Crippen LogP contribution in [0.5, 0.6) is 0 Å². The highest BCUT2D eigenvalue weighted by atomic mass is 16.2. The van der Waals surface area contributed by atoms with Crippen molar-refractivity contribution < 1.29 is 9.59 Å². The van der Waals surface area contributed by atoms with E-state index in [9.17, 15) is 9.59 Å². The molecule has 1 aliphatic heterocycles. The second kappa shape index (κ2) is 6.55. The van der Waals surface area contributed by atoms with Crippen LogP contribution in [-0.4, -0.2) is 23.4 Å². The van der Waals surface area contributed by atoms with E-state index in [1.165, 1.54) is 0 Å². The van der Waals surface area contributed by atoms with Crippen LogP contribution in [0.15, 0.2) is 60.7 Å². The summed E-state index contributed by atoms with van der Waals surface area (Å²) in [6, 6.07) is 20.4. The molecule has 0 unspecified atom stereocenters. The zero-order chi connectivity index (χ0) is 17.0. The van der Waals surface area contributed by atoms with E-state index < -0.39 is 11.6 Å². The number of carbonyl (C=O) groups is 2. The molecular weight excluding hydrogens is 302 g/mol. The Kier molecular flexibility index (Phi) is 4.30. The molecule has 1 N–H and O–H groups in total. The van der Waals surface area contributed by atoms with Crippen LogP contribution in [-0.2, 0) is 16.8 Å². The Labute approximate surface area is 140 Å². The Hall–Kier alpha value is -3.13. The Balaban J connectivity index is 2.02. The van der Waals surface area contributed by atoms with Gasteiger partial charge in [-0.3, -0.25) is 9.69 Å². The Morgan fingerprint density at radius 1 is 1.00 bits per heavy atom. The first-order valence-corrected chi connectivity index (χ1v) is 7.78. The van der Waals surface area contributed by atoms with Crippen molar-refractivity contribution in [3.8, 4) is 6.07 Å². The topological polar surface area (TPSA) is 73.2 Å². The number of hydrogen-bond acceptors (Lipinski definition) is 3. The standard InChI is InChI=1S/C19H17N3O2/c20-12-7-13-22-17(23)19(21-18(22)24,16-10-5-2-6-11-16)14-15-8-3-1-4-9-15/h1-6,8-11H,7,13-14H2,(H,21,24)/t19-/m1/s1. The van der Waals surface area contributed by atoms with Crippen LogP contribution in [0.3, 0.4) is 0 Å².